The van der Waals surface area contributed by atoms with Crippen molar-refractivity contribution < 1.29 is 23.4 Å². The number of imidazole rings is 1. The molecule has 0 unspecified atom stereocenters. The highest BCUT2D eigenvalue weighted by atomic mass is 19.1. The number of H-pyrrole nitrogens is 1. The van der Waals surface area contributed by atoms with Gasteiger partial charge in [0.15, 0.2) is 11.6 Å². The van der Waals surface area contributed by atoms with Gasteiger partial charge in [-0.1, -0.05) is 48.5 Å². The first kappa shape index (κ1) is 28.5. The van der Waals surface area contributed by atoms with Crippen LogP contribution in [0.1, 0.15) is 25.7 Å². The number of nitrogens with zero attached hydrogens (tertiary/aromatic N) is 5. The third kappa shape index (κ3) is 6.12. The Bertz CT molecular complexity index is 1740. The first-order valence-electron chi connectivity index (χ1n) is 14.3. The van der Waals surface area contributed by atoms with Crippen LogP contribution >= 0.6 is 0 Å². The van der Waals surface area contributed by atoms with Crippen LogP contribution in [0.4, 0.5) is 8.78 Å². The maximum absolute atomic E-state index is 15.6. The number of likely N-dealkylation sites (N-methyl/N-ethyl adjacent to an activating group) is 1. The minimum atomic E-state index is -0.800. The van der Waals surface area contributed by atoms with Gasteiger partial charge in [-0.2, -0.15) is 10.1 Å². The molecule has 1 aliphatic rings. The summed E-state index contributed by atoms with van der Waals surface area (Å²) in [6.07, 6.45) is 3.63. The standard InChI is InChI=1S/C32H32F2N6O3/c1-39(2)15-16-40-18-35-30(38-40)22-9-5-20(6-10-22)19-3-7-21(8-4-19)27-25(33)17-26-29(28(27)34)37-32(36-26)43-24-13-11-23(12-14-24)31(41)42/h3-10,17-18,23-24H,11-16H2,1-2H3,(H,36,37)(H,41,42)/t23-,24-. The molecule has 1 saturated carbocycles. The predicted octanol–water partition coefficient (Wildman–Crippen LogP) is 6.02. The lowest BCUT2D eigenvalue weighted by Crippen LogP contribution is -2.28. The van der Waals surface area contributed by atoms with Crippen molar-refractivity contribution in [1.29, 1.82) is 0 Å². The average Bonchev–Trinajstić information content (AvgIpc) is 3.64. The second-order valence-electron chi connectivity index (χ2n) is 11.2. The highest BCUT2D eigenvalue weighted by molar-refractivity contribution is 5.84. The Morgan fingerprint density at radius 2 is 1.63 bits per heavy atom. The van der Waals surface area contributed by atoms with Crippen molar-refractivity contribution in [2.24, 2.45) is 5.92 Å². The van der Waals surface area contributed by atoms with E-state index in [2.05, 4.69) is 25.0 Å². The maximum Gasteiger partial charge on any atom is 0.306 e. The summed E-state index contributed by atoms with van der Waals surface area (Å²) in [6.45, 7) is 1.62. The van der Waals surface area contributed by atoms with Crippen molar-refractivity contribution in [3.8, 4) is 39.7 Å². The van der Waals surface area contributed by atoms with Gasteiger partial charge in [0.2, 0.25) is 0 Å². The van der Waals surface area contributed by atoms with E-state index in [0.29, 0.717) is 37.1 Å². The molecule has 11 heteroatoms. The lowest BCUT2D eigenvalue weighted by Gasteiger charge is -2.25. The van der Waals surface area contributed by atoms with Gasteiger partial charge in [0.05, 0.1) is 23.5 Å². The molecule has 43 heavy (non-hydrogen) atoms. The van der Waals surface area contributed by atoms with Crippen LogP contribution in [0.2, 0.25) is 0 Å². The van der Waals surface area contributed by atoms with Crippen molar-refractivity contribution in [1.82, 2.24) is 29.6 Å². The van der Waals surface area contributed by atoms with Crippen molar-refractivity contribution in [3.05, 3.63) is 72.6 Å². The number of nitrogens with one attached hydrogen (secondary N) is 1. The minimum absolute atomic E-state index is 0.0111. The number of hydrogen-bond acceptors (Lipinski definition) is 6. The molecule has 6 rings (SSSR count). The number of ether oxygens (including phenoxy) is 1. The molecule has 1 aliphatic carbocycles. The molecule has 2 aromatic heterocycles. The second kappa shape index (κ2) is 11.9. The number of benzene rings is 3. The van der Waals surface area contributed by atoms with Gasteiger partial charge in [-0.15, -0.1) is 0 Å². The third-order valence-corrected chi connectivity index (χ3v) is 7.91. The fraction of sp³-hybridized carbons (Fsp3) is 0.312. The monoisotopic (exact) mass is 586 g/mol. The molecular weight excluding hydrogens is 554 g/mol. The molecule has 2 N–H and O–H groups in total. The summed E-state index contributed by atoms with van der Waals surface area (Å²) in [6, 6.07) is 16.2. The molecule has 0 bridgehead atoms. The van der Waals surface area contributed by atoms with Gasteiger partial charge in [-0.3, -0.25) is 9.48 Å². The summed E-state index contributed by atoms with van der Waals surface area (Å²) >= 11 is 0. The highest BCUT2D eigenvalue weighted by Crippen LogP contribution is 2.34. The zero-order valence-electron chi connectivity index (χ0n) is 23.9. The van der Waals surface area contributed by atoms with Gasteiger partial charge in [-0.05, 0) is 56.5 Å². The lowest BCUT2D eigenvalue weighted by molar-refractivity contribution is -0.143. The molecule has 9 nitrogen and oxygen atoms in total. The topological polar surface area (TPSA) is 109 Å². The van der Waals surface area contributed by atoms with Gasteiger partial charge >= 0.3 is 5.97 Å². The Kier molecular flexibility index (Phi) is 7.90. The average molecular weight is 587 g/mol. The second-order valence-corrected chi connectivity index (χ2v) is 11.2. The van der Waals surface area contributed by atoms with Gasteiger partial charge in [0.1, 0.15) is 23.8 Å². The SMILES string of the molecule is CN(C)CCn1cnc(-c2ccc(-c3ccc(-c4c(F)cc5[nH]c(O[C@H]6CC[C@H](C(=O)O)CC6)nc5c4F)cc3)cc2)n1. The largest absolute Gasteiger partial charge is 0.481 e. The van der Waals surface area contributed by atoms with Crippen molar-refractivity contribution in [2.45, 2.75) is 38.3 Å². The van der Waals surface area contributed by atoms with Gasteiger partial charge < -0.3 is 19.7 Å². The zero-order chi connectivity index (χ0) is 30.1. The van der Waals surface area contributed by atoms with Gasteiger partial charge in [-0.25, -0.2) is 13.8 Å². The summed E-state index contributed by atoms with van der Waals surface area (Å²) in [7, 11) is 4.03. The molecule has 0 radical (unpaired) electrons. The lowest BCUT2D eigenvalue weighted by atomic mass is 9.87. The first-order valence-corrected chi connectivity index (χ1v) is 14.3. The Labute approximate surface area is 247 Å². The molecular formula is C32H32F2N6O3. The number of carboxylic acids is 1. The van der Waals surface area contributed by atoms with E-state index in [1.54, 1.807) is 18.5 Å². The van der Waals surface area contributed by atoms with Crippen LogP contribution in [0.5, 0.6) is 6.01 Å². The van der Waals surface area contributed by atoms with Gasteiger partial charge in [0, 0.05) is 18.2 Å². The maximum atomic E-state index is 15.6. The smallest absolute Gasteiger partial charge is 0.306 e. The van der Waals surface area contributed by atoms with Crippen LogP contribution in [0, 0.1) is 17.6 Å². The fourth-order valence-corrected chi connectivity index (χ4v) is 5.44. The van der Waals surface area contributed by atoms with Crippen LogP contribution in [0.15, 0.2) is 60.9 Å². The van der Waals surface area contributed by atoms with E-state index in [1.165, 1.54) is 6.07 Å². The number of aromatic amines is 1. The molecule has 222 valence electrons. The summed E-state index contributed by atoms with van der Waals surface area (Å²) in [5.74, 6) is -2.01. The van der Waals surface area contributed by atoms with Crippen LogP contribution in [-0.2, 0) is 11.3 Å². The van der Waals surface area contributed by atoms with Crippen LogP contribution in [0.25, 0.3) is 44.7 Å². The Balaban J connectivity index is 1.17. The number of carbonyl (C=O) groups is 1. The minimum Gasteiger partial charge on any atom is -0.481 e. The Morgan fingerprint density at radius 1 is 1.00 bits per heavy atom. The first-order chi connectivity index (χ1) is 20.7. The van der Waals surface area contributed by atoms with Crippen molar-refractivity contribution >= 4 is 17.0 Å². The molecule has 1 fully saturated rings. The van der Waals surface area contributed by atoms with E-state index in [0.717, 1.165) is 29.8 Å². The zero-order valence-corrected chi connectivity index (χ0v) is 23.9. The molecule has 0 atom stereocenters. The number of hydrogen-bond donors (Lipinski definition) is 2. The number of rotatable bonds is 9. The highest BCUT2D eigenvalue weighted by Gasteiger charge is 2.28. The molecule has 0 spiro atoms. The molecule has 2 heterocycles. The summed E-state index contributed by atoms with van der Waals surface area (Å²) in [5.41, 5.74) is 3.16. The van der Waals surface area contributed by atoms with E-state index in [9.17, 15) is 9.90 Å². The molecule has 0 amide bonds. The summed E-state index contributed by atoms with van der Waals surface area (Å²) in [4.78, 5) is 24.8. The number of carboxylic acid groups (broad SMARTS) is 1. The van der Waals surface area contributed by atoms with Crippen molar-refractivity contribution in [3.63, 3.8) is 0 Å². The normalized spacial score (nSPS) is 17.0. The summed E-state index contributed by atoms with van der Waals surface area (Å²) in [5, 5.41) is 13.7. The molecule has 0 saturated heterocycles. The van der Waals surface area contributed by atoms with Gasteiger partial charge in [0.25, 0.3) is 6.01 Å². The Morgan fingerprint density at radius 3 is 2.26 bits per heavy atom. The quantitative estimate of drug-likeness (QED) is 0.218. The number of fused-ring (bicyclic) bond motifs is 1. The van der Waals surface area contributed by atoms with Crippen LogP contribution in [-0.4, -0.2) is 67.5 Å². The number of halogens is 2. The Hall–Kier alpha value is -4.64. The third-order valence-electron chi connectivity index (χ3n) is 7.91. The number of aromatic nitrogens is 5. The summed E-state index contributed by atoms with van der Waals surface area (Å²) < 4.78 is 38.5. The fourth-order valence-electron chi connectivity index (χ4n) is 5.44. The van der Waals surface area contributed by atoms with Crippen molar-refractivity contribution in [2.75, 3.05) is 20.6 Å². The number of aliphatic carboxylic acids is 1. The van der Waals surface area contributed by atoms with E-state index in [4.69, 9.17) is 4.74 Å². The molecule has 0 aliphatic heterocycles. The van der Waals surface area contributed by atoms with E-state index in [1.807, 2.05) is 55.2 Å². The van der Waals surface area contributed by atoms with E-state index < -0.39 is 17.6 Å². The van der Waals surface area contributed by atoms with Crippen LogP contribution in [0.3, 0.4) is 0 Å². The predicted molar refractivity (Wildman–Crippen MR) is 158 cm³/mol. The van der Waals surface area contributed by atoms with E-state index >= 15 is 8.78 Å². The van der Waals surface area contributed by atoms with Crippen LogP contribution < -0.4 is 4.74 Å². The molecule has 3 aromatic carbocycles. The van der Waals surface area contributed by atoms with E-state index in [-0.39, 0.29) is 34.6 Å². The molecule has 5 aromatic rings.